The van der Waals surface area contributed by atoms with Crippen LogP contribution in [-0.4, -0.2) is 61.7 Å². The second-order valence-corrected chi connectivity index (χ2v) is 8.26. The minimum Gasteiger partial charge on any atom is -0.384 e. The van der Waals surface area contributed by atoms with Gasteiger partial charge in [0.25, 0.3) is 11.8 Å². The number of anilines is 1. The Morgan fingerprint density at radius 2 is 2.06 bits per heavy atom. The van der Waals surface area contributed by atoms with Crippen molar-refractivity contribution in [2.75, 3.05) is 18.4 Å². The Labute approximate surface area is 186 Å². The van der Waals surface area contributed by atoms with Crippen molar-refractivity contribution < 1.29 is 14.7 Å². The number of hydrogen-bond donors (Lipinski definition) is 3. The maximum absolute atomic E-state index is 12.3. The average Bonchev–Trinajstić information content (AvgIpc) is 3.24. The van der Waals surface area contributed by atoms with Crippen molar-refractivity contribution in [2.45, 2.75) is 38.8 Å². The molecule has 0 bridgehead atoms. The number of hydrogen-bond acceptors (Lipinski definition) is 6. The number of carbonyl (C=O) groups is 2. The number of primary amides is 1. The zero-order valence-electron chi connectivity index (χ0n) is 18.2. The van der Waals surface area contributed by atoms with Crippen molar-refractivity contribution in [2.24, 2.45) is 11.7 Å². The molecule has 0 aromatic carbocycles. The minimum absolute atomic E-state index is 0.0432. The number of pyridine rings is 1. The molecule has 0 spiro atoms. The lowest BCUT2D eigenvalue weighted by molar-refractivity contribution is -0.141. The van der Waals surface area contributed by atoms with Crippen LogP contribution in [0, 0.1) is 5.92 Å². The molecule has 1 saturated heterocycles. The van der Waals surface area contributed by atoms with E-state index < -0.39 is 12.0 Å². The van der Waals surface area contributed by atoms with Gasteiger partial charge < -0.3 is 21.1 Å². The number of rotatable bonds is 6. The van der Waals surface area contributed by atoms with Gasteiger partial charge in [-0.3, -0.25) is 14.6 Å². The molecule has 9 heteroatoms. The van der Waals surface area contributed by atoms with Crippen LogP contribution in [-0.2, 0) is 4.79 Å². The van der Waals surface area contributed by atoms with E-state index >= 15 is 0 Å². The highest BCUT2D eigenvalue weighted by molar-refractivity contribution is 6.02. The normalized spacial score (nSPS) is 19.7. The third-order valence-corrected chi connectivity index (χ3v) is 6.17. The Balaban J connectivity index is 1.68. The lowest BCUT2D eigenvalue weighted by Crippen LogP contribution is -2.50. The van der Waals surface area contributed by atoms with E-state index in [2.05, 4.69) is 22.3 Å². The third-order valence-electron chi connectivity index (χ3n) is 6.17. The van der Waals surface area contributed by atoms with Gasteiger partial charge in [0.15, 0.2) is 0 Å². The molecule has 3 atom stereocenters. The van der Waals surface area contributed by atoms with Crippen molar-refractivity contribution in [3.63, 3.8) is 0 Å². The van der Waals surface area contributed by atoms with Crippen LogP contribution < -0.4 is 11.1 Å². The molecule has 3 aromatic heterocycles. The lowest BCUT2D eigenvalue weighted by Gasteiger charge is -2.39. The van der Waals surface area contributed by atoms with Crippen LogP contribution in [0.1, 0.15) is 37.0 Å². The zero-order valence-corrected chi connectivity index (χ0v) is 18.2. The number of aromatic nitrogens is 3. The summed E-state index contributed by atoms with van der Waals surface area (Å²) in [6, 6.07) is 5.85. The van der Waals surface area contributed by atoms with Crippen LogP contribution in [0.3, 0.4) is 0 Å². The fourth-order valence-corrected chi connectivity index (χ4v) is 4.38. The molecule has 4 N–H and O–H groups in total. The number of fused-ring (bicyclic) bond motifs is 1. The number of nitrogens with two attached hydrogens (primary N) is 1. The van der Waals surface area contributed by atoms with Gasteiger partial charge in [-0.1, -0.05) is 6.92 Å². The maximum Gasteiger partial charge on any atom is 0.252 e. The second kappa shape index (κ2) is 8.96. The van der Waals surface area contributed by atoms with Crippen LogP contribution >= 0.6 is 0 Å². The van der Waals surface area contributed by atoms with Crippen LogP contribution in [0.15, 0.2) is 43.0 Å². The first kappa shape index (κ1) is 21.8. The third kappa shape index (κ3) is 4.16. The number of aliphatic hydroxyl groups excluding tert-OH is 1. The molecule has 1 fully saturated rings. The molecule has 3 aromatic rings. The van der Waals surface area contributed by atoms with Crippen molar-refractivity contribution in [3.8, 4) is 11.1 Å². The summed E-state index contributed by atoms with van der Waals surface area (Å²) >= 11 is 0. The Kier molecular flexibility index (Phi) is 6.09. The smallest absolute Gasteiger partial charge is 0.252 e. The molecule has 32 heavy (non-hydrogen) atoms. The molecule has 0 radical (unpaired) electrons. The summed E-state index contributed by atoms with van der Waals surface area (Å²) in [6.45, 7) is 4.65. The summed E-state index contributed by atoms with van der Waals surface area (Å²) in [4.78, 5) is 30.2. The molecule has 1 aliphatic rings. The van der Waals surface area contributed by atoms with Gasteiger partial charge in [0, 0.05) is 43.3 Å². The van der Waals surface area contributed by atoms with Gasteiger partial charge in [-0.25, -0.2) is 4.52 Å². The van der Waals surface area contributed by atoms with E-state index in [0.717, 1.165) is 23.1 Å². The number of piperidine rings is 1. The standard InChI is InChI=1S/C23H28N6O3/c1-3-15-12-28(23(32)14(2)30)9-6-19(15)27-21-18(22(24)31)11-26-29-13-17(10-20(21)29)16-4-7-25-8-5-16/h4-5,7-8,10-11,13-15,19,27,30H,3,6,9,12H2,1-2H3,(H2,24,31)/t14-,15-,19+/m0/s1. The maximum atomic E-state index is 12.3. The molecule has 0 aliphatic carbocycles. The van der Waals surface area contributed by atoms with Gasteiger partial charge in [0.2, 0.25) is 0 Å². The van der Waals surface area contributed by atoms with Crippen LogP contribution in [0.5, 0.6) is 0 Å². The van der Waals surface area contributed by atoms with Crippen LogP contribution in [0.4, 0.5) is 5.69 Å². The van der Waals surface area contributed by atoms with Crippen LogP contribution in [0.25, 0.3) is 16.6 Å². The van der Waals surface area contributed by atoms with Gasteiger partial charge in [0.1, 0.15) is 6.10 Å². The van der Waals surface area contributed by atoms with Crippen molar-refractivity contribution in [1.29, 1.82) is 0 Å². The van der Waals surface area contributed by atoms with E-state index in [1.54, 1.807) is 21.8 Å². The van der Waals surface area contributed by atoms with E-state index in [4.69, 9.17) is 5.73 Å². The predicted molar refractivity (Wildman–Crippen MR) is 121 cm³/mol. The SMILES string of the molecule is CC[C@H]1CN(C(=O)[C@H](C)O)CC[C@H]1Nc1c(C(N)=O)cnn2cc(-c3ccncc3)cc12. The van der Waals surface area contributed by atoms with Gasteiger partial charge in [-0.2, -0.15) is 5.10 Å². The largest absolute Gasteiger partial charge is 0.384 e. The number of carbonyl (C=O) groups excluding carboxylic acids is 2. The molecular weight excluding hydrogens is 408 g/mol. The van der Waals surface area contributed by atoms with E-state index in [9.17, 15) is 14.7 Å². The lowest BCUT2D eigenvalue weighted by atomic mass is 9.89. The van der Waals surface area contributed by atoms with Crippen molar-refractivity contribution in [3.05, 3.63) is 48.5 Å². The summed E-state index contributed by atoms with van der Waals surface area (Å²) in [5.74, 6) is -0.640. The summed E-state index contributed by atoms with van der Waals surface area (Å²) in [7, 11) is 0. The molecule has 0 saturated carbocycles. The minimum atomic E-state index is -1.01. The Bertz CT molecular complexity index is 1130. The van der Waals surface area contributed by atoms with Gasteiger partial charge in [0.05, 0.1) is 23.0 Å². The molecule has 4 heterocycles. The van der Waals surface area contributed by atoms with Crippen molar-refractivity contribution in [1.82, 2.24) is 19.5 Å². The van der Waals surface area contributed by atoms with Crippen LogP contribution in [0.2, 0.25) is 0 Å². The number of aliphatic hydroxyl groups is 1. The fraction of sp³-hybridized carbons (Fsp3) is 0.391. The molecule has 2 amide bonds. The molecule has 9 nitrogen and oxygen atoms in total. The topological polar surface area (TPSA) is 126 Å². The summed E-state index contributed by atoms with van der Waals surface area (Å²) in [6.07, 6.45) is 7.38. The highest BCUT2D eigenvalue weighted by atomic mass is 16.3. The van der Waals surface area contributed by atoms with E-state index in [-0.39, 0.29) is 17.9 Å². The summed E-state index contributed by atoms with van der Waals surface area (Å²) in [5, 5.41) is 17.6. The highest BCUT2D eigenvalue weighted by Crippen LogP contribution is 2.31. The Morgan fingerprint density at radius 3 is 2.72 bits per heavy atom. The molecular formula is C23H28N6O3. The molecule has 1 aliphatic heterocycles. The van der Waals surface area contributed by atoms with E-state index in [1.165, 1.54) is 13.1 Å². The number of nitrogens with zero attached hydrogens (tertiary/aromatic N) is 4. The summed E-state index contributed by atoms with van der Waals surface area (Å²) in [5.41, 5.74) is 9.35. The quantitative estimate of drug-likeness (QED) is 0.542. The van der Waals surface area contributed by atoms with Crippen molar-refractivity contribution >= 4 is 23.0 Å². The first-order chi connectivity index (χ1) is 15.4. The Morgan fingerprint density at radius 1 is 1.31 bits per heavy atom. The highest BCUT2D eigenvalue weighted by Gasteiger charge is 2.32. The monoisotopic (exact) mass is 436 g/mol. The number of likely N-dealkylation sites (tertiary alicyclic amines) is 1. The van der Waals surface area contributed by atoms with Gasteiger partial charge >= 0.3 is 0 Å². The molecule has 4 rings (SSSR count). The molecule has 0 unspecified atom stereocenters. The summed E-state index contributed by atoms with van der Waals surface area (Å²) < 4.78 is 1.73. The zero-order chi connectivity index (χ0) is 22.8. The Hall–Kier alpha value is -3.46. The van der Waals surface area contributed by atoms with E-state index in [0.29, 0.717) is 30.8 Å². The second-order valence-electron chi connectivity index (χ2n) is 8.26. The molecule has 168 valence electrons. The fourth-order valence-electron chi connectivity index (χ4n) is 4.38. The van der Waals surface area contributed by atoms with E-state index in [1.807, 2.05) is 24.4 Å². The van der Waals surface area contributed by atoms with Gasteiger partial charge in [-0.05, 0) is 49.4 Å². The first-order valence-electron chi connectivity index (χ1n) is 10.8. The predicted octanol–water partition coefficient (Wildman–Crippen LogP) is 1.92. The number of nitrogens with one attached hydrogen (secondary N) is 1. The number of amides is 2. The average molecular weight is 437 g/mol. The first-order valence-corrected chi connectivity index (χ1v) is 10.8. The van der Waals surface area contributed by atoms with Gasteiger partial charge in [-0.15, -0.1) is 0 Å².